The molecule has 0 saturated carbocycles. The summed E-state index contributed by atoms with van der Waals surface area (Å²) < 4.78 is -0.00394. The molecule has 0 saturated heterocycles. The fourth-order valence-electron chi connectivity index (χ4n) is 2.18. The number of nitrogens with zero attached hydrogens (tertiary/aromatic N) is 1. The summed E-state index contributed by atoms with van der Waals surface area (Å²) in [5, 5.41) is 19.2. The first-order chi connectivity index (χ1) is 7.96. The predicted octanol–water partition coefficient (Wildman–Crippen LogP) is -0.165. The zero-order valence-corrected chi connectivity index (χ0v) is 11.6. The van der Waals surface area contributed by atoms with E-state index in [2.05, 4.69) is 0 Å². The second-order valence-electron chi connectivity index (χ2n) is 5.39. The van der Waals surface area contributed by atoms with Gasteiger partial charge in [-0.05, 0) is 6.92 Å². The van der Waals surface area contributed by atoms with Crippen molar-refractivity contribution in [1.82, 2.24) is 0 Å². The lowest BCUT2D eigenvalue weighted by Gasteiger charge is -2.41. The number of carboxylic acids is 1. The number of carbonyl (C=O) groups excluding carboxylic acids is 2. The summed E-state index contributed by atoms with van der Waals surface area (Å²) in [7, 11) is 4.94. The summed E-state index contributed by atoms with van der Waals surface area (Å²) in [6, 6.07) is -1.09. The molecule has 0 aliphatic carbocycles. The van der Waals surface area contributed by atoms with Crippen LogP contribution in [-0.2, 0) is 14.4 Å². The number of rotatable bonds is 7. The standard InChI is InChI=1S/C12H21NO5/c1-6-9(15)11(13(3,4)5)12(18,8(2)14)7-10(16)17/h11,18H,6-7H2,1-5H3/p+1/t11?,12-/m0/s1. The van der Waals surface area contributed by atoms with Crippen LogP contribution in [0.1, 0.15) is 26.7 Å². The lowest BCUT2D eigenvalue weighted by Crippen LogP contribution is -2.65. The Labute approximate surface area is 107 Å². The SMILES string of the molecule is CCC(=O)C([C@](O)(CC(=O)O)C(C)=O)[N+](C)(C)C. The minimum atomic E-state index is -2.17. The molecule has 0 aromatic rings. The average Bonchev–Trinajstić information content (AvgIpc) is 2.13. The van der Waals surface area contributed by atoms with Crippen molar-refractivity contribution in [3.8, 4) is 0 Å². The van der Waals surface area contributed by atoms with Gasteiger partial charge in [0.2, 0.25) is 0 Å². The van der Waals surface area contributed by atoms with Gasteiger partial charge in [0.15, 0.2) is 23.2 Å². The van der Waals surface area contributed by atoms with Crippen molar-refractivity contribution in [2.45, 2.75) is 38.3 Å². The Kier molecular flexibility index (Phi) is 5.19. The zero-order chi connectivity index (χ0) is 14.7. The number of carboxylic acid groups (broad SMARTS) is 1. The quantitative estimate of drug-likeness (QED) is 0.620. The van der Waals surface area contributed by atoms with Gasteiger partial charge in [0.1, 0.15) is 0 Å². The largest absolute Gasteiger partial charge is 0.481 e. The first kappa shape index (κ1) is 16.7. The molecule has 0 aromatic heterocycles. The topological polar surface area (TPSA) is 91.7 Å². The van der Waals surface area contributed by atoms with Gasteiger partial charge in [-0.3, -0.25) is 14.4 Å². The molecule has 0 aromatic carbocycles. The molecule has 0 radical (unpaired) electrons. The molecule has 0 aliphatic heterocycles. The maximum absolute atomic E-state index is 12.0. The Morgan fingerprint density at radius 1 is 1.22 bits per heavy atom. The molecule has 2 atom stereocenters. The Balaban J connectivity index is 5.72. The normalized spacial score (nSPS) is 16.8. The van der Waals surface area contributed by atoms with Crippen LogP contribution < -0.4 is 0 Å². The molecule has 0 aliphatic rings. The van der Waals surface area contributed by atoms with Gasteiger partial charge in [-0.2, -0.15) is 0 Å². The van der Waals surface area contributed by atoms with Crippen LogP contribution in [0.25, 0.3) is 0 Å². The highest BCUT2D eigenvalue weighted by Gasteiger charge is 2.53. The summed E-state index contributed by atoms with van der Waals surface area (Å²) in [5.74, 6) is -2.35. The molecule has 0 fully saturated rings. The number of carbonyl (C=O) groups is 3. The van der Waals surface area contributed by atoms with Crippen LogP contribution in [0.2, 0.25) is 0 Å². The van der Waals surface area contributed by atoms with Crippen LogP contribution in [0.4, 0.5) is 0 Å². The Bertz CT molecular complexity index is 358. The van der Waals surface area contributed by atoms with E-state index in [4.69, 9.17) is 5.11 Å². The number of quaternary nitrogens is 1. The van der Waals surface area contributed by atoms with Crippen molar-refractivity contribution in [2.24, 2.45) is 0 Å². The summed E-state index contributed by atoms with van der Waals surface area (Å²) in [5.41, 5.74) is -2.17. The zero-order valence-electron chi connectivity index (χ0n) is 11.6. The first-order valence-electron chi connectivity index (χ1n) is 5.75. The summed E-state index contributed by atoms with van der Waals surface area (Å²) in [6.07, 6.45) is -0.635. The Morgan fingerprint density at radius 2 is 1.67 bits per heavy atom. The molecule has 18 heavy (non-hydrogen) atoms. The van der Waals surface area contributed by atoms with Crippen molar-refractivity contribution in [1.29, 1.82) is 0 Å². The van der Waals surface area contributed by atoms with Crippen molar-refractivity contribution < 1.29 is 29.1 Å². The summed E-state index contributed by atoms with van der Waals surface area (Å²) in [6.45, 7) is 2.72. The van der Waals surface area contributed by atoms with E-state index in [0.717, 1.165) is 6.92 Å². The second-order valence-corrected chi connectivity index (χ2v) is 5.39. The second kappa shape index (κ2) is 5.58. The van der Waals surface area contributed by atoms with Crippen LogP contribution in [0.15, 0.2) is 0 Å². The van der Waals surface area contributed by atoms with E-state index in [1.54, 1.807) is 28.1 Å². The van der Waals surface area contributed by atoms with Gasteiger partial charge >= 0.3 is 5.97 Å². The minimum absolute atomic E-state index is 0.00394. The molecule has 0 heterocycles. The molecular weight excluding hydrogens is 238 g/mol. The molecule has 2 N–H and O–H groups in total. The number of aliphatic hydroxyl groups is 1. The highest BCUT2D eigenvalue weighted by molar-refractivity contribution is 5.97. The van der Waals surface area contributed by atoms with E-state index in [1.807, 2.05) is 0 Å². The average molecular weight is 260 g/mol. The number of likely N-dealkylation sites (N-methyl/N-ethyl adjacent to an activating group) is 1. The molecule has 6 heteroatoms. The number of aliphatic carboxylic acids is 1. The first-order valence-corrected chi connectivity index (χ1v) is 5.75. The molecule has 0 rings (SSSR count). The van der Waals surface area contributed by atoms with Crippen molar-refractivity contribution in [2.75, 3.05) is 21.1 Å². The third-order valence-corrected chi connectivity index (χ3v) is 2.91. The van der Waals surface area contributed by atoms with E-state index in [0.29, 0.717) is 0 Å². The number of hydrogen-bond donors (Lipinski definition) is 2. The highest BCUT2D eigenvalue weighted by atomic mass is 16.4. The van der Waals surface area contributed by atoms with Crippen molar-refractivity contribution in [3.63, 3.8) is 0 Å². The summed E-state index contributed by atoms with van der Waals surface area (Å²) >= 11 is 0. The third kappa shape index (κ3) is 3.61. The van der Waals surface area contributed by atoms with E-state index in [-0.39, 0.29) is 16.7 Å². The van der Waals surface area contributed by atoms with Crippen LogP contribution >= 0.6 is 0 Å². The maximum atomic E-state index is 12.0. The van der Waals surface area contributed by atoms with Gasteiger partial charge < -0.3 is 14.7 Å². The van der Waals surface area contributed by atoms with Crippen molar-refractivity contribution in [3.05, 3.63) is 0 Å². The van der Waals surface area contributed by atoms with Gasteiger partial charge in [-0.1, -0.05) is 6.92 Å². The van der Waals surface area contributed by atoms with Crippen LogP contribution in [0, 0.1) is 0 Å². The number of hydrogen-bond acceptors (Lipinski definition) is 4. The maximum Gasteiger partial charge on any atom is 0.307 e. The van der Waals surface area contributed by atoms with Crippen molar-refractivity contribution >= 4 is 17.5 Å². The summed E-state index contributed by atoms with van der Waals surface area (Å²) in [4.78, 5) is 34.4. The smallest absolute Gasteiger partial charge is 0.307 e. The fraction of sp³-hybridized carbons (Fsp3) is 0.750. The molecule has 1 unspecified atom stereocenters. The van der Waals surface area contributed by atoms with Gasteiger partial charge in [-0.25, -0.2) is 0 Å². The molecular formula is C12H22NO5+. The molecule has 104 valence electrons. The van der Waals surface area contributed by atoms with Crippen LogP contribution in [0.3, 0.4) is 0 Å². The minimum Gasteiger partial charge on any atom is -0.481 e. The Hall–Kier alpha value is -1.27. The highest BCUT2D eigenvalue weighted by Crippen LogP contribution is 2.26. The van der Waals surface area contributed by atoms with Gasteiger partial charge in [0.05, 0.1) is 27.6 Å². The van der Waals surface area contributed by atoms with Crippen LogP contribution in [0.5, 0.6) is 0 Å². The molecule has 0 amide bonds. The molecule has 0 bridgehead atoms. The van der Waals surface area contributed by atoms with E-state index >= 15 is 0 Å². The predicted molar refractivity (Wildman–Crippen MR) is 65.0 cm³/mol. The molecule has 6 nitrogen and oxygen atoms in total. The van der Waals surface area contributed by atoms with Crippen LogP contribution in [-0.4, -0.2) is 65.0 Å². The number of ketones is 2. The molecule has 0 spiro atoms. The Morgan fingerprint density at radius 3 is 1.89 bits per heavy atom. The third-order valence-electron chi connectivity index (χ3n) is 2.91. The van der Waals surface area contributed by atoms with Gasteiger partial charge in [0, 0.05) is 6.42 Å². The van der Waals surface area contributed by atoms with E-state index in [9.17, 15) is 19.5 Å². The fourth-order valence-corrected chi connectivity index (χ4v) is 2.18. The van der Waals surface area contributed by atoms with Gasteiger partial charge in [-0.15, -0.1) is 0 Å². The number of Topliss-reactive ketones (excluding diaryl/α,β-unsaturated/α-hetero) is 2. The van der Waals surface area contributed by atoms with E-state index in [1.165, 1.54) is 0 Å². The van der Waals surface area contributed by atoms with E-state index < -0.39 is 29.8 Å². The van der Waals surface area contributed by atoms with Gasteiger partial charge in [0.25, 0.3) is 0 Å². The monoisotopic (exact) mass is 260 g/mol. The lowest BCUT2D eigenvalue weighted by atomic mass is 9.82. The lowest BCUT2D eigenvalue weighted by molar-refractivity contribution is -0.892.